The molecule has 0 saturated carbocycles. The third-order valence-electron chi connectivity index (χ3n) is 3.56. The van der Waals surface area contributed by atoms with Gasteiger partial charge in [-0.25, -0.2) is 0 Å². The first kappa shape index (κ1) is 10.7. The minimum Gasteiger partial charge on any atom is -0.388 e. The molecule has 0 bridgehead atoms. The van der Waals surface area contributed by atoms with Crippen molar-refractivity contribution in [1.29, 1.82) is 0 Å². The molecule has 2 rings (SSSR count). The zero-order valence-corrected chi connectivity index (χ0v) is 9.46. The normalized spacial score (nSPS) is 24.3. The van der Waals surface area contributed by atoms with Crippen molar-refractivity contribution < 1.29 is 5.11 Å². The maximum Gasteiger partial charge on any atom is 0.0827 e. The predicted octanol–water partition coefficient (Wildman–Crippen LogP) is 1.86. The summed E-state index contributed by atoms with van der Waals surface area (Å²) in [6.07, 6.45) is 1.60. The lowest BCUT2D eigenvalue weighted by molar-refractivity contribution is 0.119. The lowest BCUT2D eigenvalue weighted by Gasteiger charge is -2.14. The van der Waals surface area contributed by atoms with Gasteiger partial charge in [-0.05, 0) is 61.4 Å². The molecule has 2 nitrogen and oxygen atoms in total. The van der Waals surface area contributed by atoms with Crippen LogP contribution < -0.4 is 5.73 Å². The standard InChI is InChI=1S/C13H19NO/c1-8-3-4-9(2)12-11(8)7-10(5-6-14)13(12)15/h3-4,10,13,15H,5-7,14H2,1-2H3. The average molecular weight is 205 g/mol. The zero-order chi connectivity index (χ0) is 11.0. The highest BCUT2D eigenvalue weighted by Gasteiger charge is 2.32. The van der Waals surface area contributed by atoms with Crippen molar-refractivity contribution in [2.75, 3.05) is 6.54 Å². The fourth-order valence-corrected chi connectivity index (χ4v) is 2.66. The van der Waals surface area contributed by atoms with Crippen molar-refractivity contribution in [3.8, 4) is 0 Å². The smallest absolute Gasteiger partial charge is 0.0827 e. The van der Waals surface area contributed by atoms with Crippen LogP contribution in [-0.2, 0) is 6.42 Å². The number of nitrogens with two attached hydrogens (primary N) is 1. The van der Waals surface area contributed by atoms with Gasteiger partial charge in [0.25, 0.3) is 0 Å². The minimum absolute atomic E-state index is 0.302. The van der Waals surface area contributed by atoms with Crippen LogP contribution in [0.25, 0.3) is 0 Å². The van der Waals surface area contributed by atoms with E-state index in [1.807, 2.05) is 0 Å². The van der Waals surface area contributed by atoms with Gasteiger partial charge in [0.05, 0.1) is 6.10 Å². The highest BCUT2D eigenvalue weighted by atomic mass is 16.3. The first-order chi connectivity index (χ1) is 7.15. The topological polar surface area (TPSA) is 46.2 Å². The fraction of sp³-hybridized carbons (Fsp3) is 0.538. The summed E-state index contributed by atoms with van der Waals surface area (Å²) < 4.78 is 0. The van der Waals surface area contributed by atoms with Crippen molar-refractivity contribution in [3.63, 3.8) is 0 Å². The molecule has 0 aliphatic heterocycles. The van der Waals surface area contributed by atoms with Crippen molar-refractivity contribution in [2.45, 2.75) is 32.8 Å². The number of hydrogen-bond acceptors (Lipinski definition) is 2. The van der Waals surface area contributed by atoms with Gasteiger partial charge in [0.15, 0.2) is 0 Å². The molecule has 0 aromatic heterocycles. The van der Waals surface area contributed by atoms with Crippen LogP contribution in [0.2, 0.25) is 0 Å². The fourth-order valence-electron chi connectivity index (χ4n) is 2.66. The Kier molecular flexibility index (Phi) is 2.81. The van der Waals surface area contributed by atoms with Gasteiger partial charge in [0, 0.05) is 0 Å². The number of rotatable bonds is 2. The Morgan fingerprint density at radius 1 is 1.33 bits per heavy atom. The SMILES string of the molecule is Cc1ccc(C)c2c1CC(CCN)C2O. The van der Waals surface area contributed by atoms with Crippen molar-refractivity contribution in [1.82, 2.24) is 0 Å². The summed E-state index contributed by atoms with van der Waals surface area (Å²) in [5.41, 5.74) is 10.6. The van der Waals surface area contributed by atoms with Crippen molar-refractivity contribution in [2.24, 2.45) is 11.7 Å². The van der Waals surface area contributed by atoms with E-state index in [4.69, 9.17) is 5.73 Å². The molecule has 0 fully saturated rings. The van der Waals surface area contributed by atoms with Gasteiger partial charge in [0.1, 0.15) is 0 Å². The second kappa shape index (κ2) is 3.95. The molecule has 2 unspecified atom stereocenters. The molecule has 0 amide bonds. The molecule has 1 aromatic carbocycles. The number of benzene rings is 1. The quantitative estimate of drug-likeness (QED) is 0.774. The molecular weight excluding hydrogens is 186 g/mol. The van der Waals surface area contributed by atoms with Crippen LogP contribution in [0.3, 0.4) is 0 Å². The van der Waals surface area contributed by atoms with Gasteiger partial charge in [-0.15, -0.1) is 0 Å². The van der Waals surface area contributed by atoms with Gasteiger partial charge in [-0.2, -0.15) is 0 Å². The second-order valence-electron chi connectivity index (χ2n) is 4.58. The molecule has 0 heterocycles. The maximum absolute atomic E-state index is 10.2. The number of aryl methyl sites for hydroxylation is 2. The van der Waals surface area contributed by atoms with Gasteiger partial charge in [0.2, 0.25) is 0 Å². The van der Waals surface area contributed by atoms with E-state index < -0.39 is 0 Å². The van der Waals surface area contributed by atoms with Gasteiger partial charge in [-0.1, -0.05) is 12.1 Å². The molecule has 3 N–H and O–H groups in total. The maximum atomic E-state index is 10.2. The molecule has 15 heavy (non-hydrogen) atoms. The molecule has 0 radical (unpaired) electrons. The highest BCUT2D eigenvalue weighted by Crippen LogP contribution is 2.40. The molecule has 2 heteroatoms. The highest BCUT2D eigenvalue weighted by molar-refractivity contribution is 5.45. The summed E-state index contributed by atoms with van der Waals surface area (Å²) in [5.74, 6) is 0.324. The third kappa shape index (κ3) is 1.68. The monoisotopic (exact) mass is 205 g/mol. The van der Waals surface area contributed by atoms with Crippen LogP contribution in [0.4, 0.5) is 0 Å². The van der Waals surface area contributed by atoms with Gasteiger partial charge < -0.3 is 10.8 Å². The second-order valence-corrected chi connectivity index (χ2v) is 4.58. The minimum atomic E-state index is -0.302. The van der Waals surface area contributed by atoms with Crippen LogP contribution in [0.5, 0.6) is 0 Å². The first-order valence-electron chi connectivity index (χ1n) is 5.62. The molecule has 2 atom stereocenters. The molecule has 1 aliphatic rings. The Morgan fingerprint density at radius 3 is 2.60 bits per heavy atom. The molecule has 1 aliphatic carbocycles. The van der Waals surface area contributed by atoms with Crippen LogP contribution in [-0.4, -0.2) is 11.7 Å². The van der Waals surface area contributed by atoms with Crippen LogP contribution >= 0.6 is 0 Å². The zero-order valence-electron chi connectivity index (χ0n) is 9.46. The third-order valence-corrected chi connectivity index (χ3v) is 3.56. The number of aliphatic hydroxyl groups is 1. The van der Waals surface area contributed by atoms with Gasteiger partial charge in [-0.3, -0.25) is 0 Å². The number of aliphatic hydroxyl groups excluding tert-OH is 1. The number of hydrogen-bond donors (Lipinski definition) is 2. The van der Waals surface area contributed by atoms with E-state index in [-0.39, 0.29) is 6.10 Å². The Labute approximate surface area is 91.1 Å². The van der Waals surface area contributed by atoms with Crippen molar-refractivity contribution >= 4 is 0 Å². The van der Waals surface area contributed by atoms with Gasteiger partial charge >= 0.3 is 0 Å². The Hall–Kier alpha value is -0.860. The lowest BCUT2D eigenvalue weighted by atomic mass is 9.98. The van der Waals surface area contributed by atoms with Crippen LogP contribution in [0.1, 0.15) is 34.8 Å². The Morgan fingerprint density at radius 2 is 2.00 bits per heavy atom. The Bertz CT molecular complexity index is 373. The average Bonchev–Trinajstić information content (AvgIpc) is 2.53. The molecule has 1 aromatic rings. The summed E-state index contributed by atoms with van der Waals surface area (Å²) in [7, 11) is 0. The van der Waals surface area contributed by atoms with Crippen LogP contribution in [0, 0.1) is 19.8 Å². The van der Waals surface area contributed by atoms with Crippen molar-refractivity contribution in [3.05, 3.63) is 34.4 Å². The summed E-state index contributed by atoms with van der Waals surface area (Å²) in [4.78, 5) is 0. The summed E-state index contributed by atoms with van der Waals surface area (Å²) >= 11 is 0. The first-order valence-corrected chi connectivity index (χ1v) is 5.62. The van der Waals surface area contributed by atoms with E-state index in [9.17, 15) is 5.11 Å². The van der Waals surface area contributed by atoms with E-state index in [1.165, 1.54) is 16.7 Å². The molecule has 82 valence electrons. The van der Waals surface area contributed by atoms with E-state index >= 15 is 0 Å². The summed E-state index contributed by atoms with van der Waals surface area (Å²) in [6.45, 7) is 4.86. The van der Waals surface area contributed by atoms with Crippen LogP contribution in [0.15, 0.2) is 12.1 Å². The van der Waals surface area contributed by atoms with E-state index in [2.05, 4.69) is 26.0 Å². The van der Waals surface area contributed by atoms with E-state index in [0.717, 1.165) is 18.4 Å². The largest absolute Gasteiger partial charge is 0.388 e. The molecule has 0 saturated heterocycles. The lowest BCUT2D eigenvalue weighted by Crippen LogP contribution is -2.13. The number of fused-ring (bicyclic) bond motifs is 1. The van der Waals surface area contributed by atoms with E-state index in [1.54, 1.807) is 0 Å². The Balaban J connectivity index is 2.40. The summed E-state index contributed by atoms with van der Waals surface area (Å²) in [5, 5.41) is 10.2. The predicted molar refractivity (Wildman–Crippen MR) is 61.7 cm³/mol. The molecular formula is C13H19NO. The summed E-state index contributed by atoms with van der Waals surface area (Å²) in [6, 6.07) is 4.24. The molecule has 0 spiro atoms. The van der Waals surface area contributed by atoms with E-state index in [0.29, 0.717) is 12.5 Å².